The van der Waals surface area contributed by atoms with Crippen molar-refractivity contribution in [2.45, 2.75) is 257 Å². The van der Waals surface area contributed by atoms with Crippen LogP contribution in [0.2, 0.25) is 0 Å². The van der Waals surface area contributed by atoms with Crippen molar-refractivity contribution in [3.05, 3.63) is 270 Å². The lowest BCUT2D eigenvalue weighted by atomic mass is 10.2. The second-order valence-corrected chi connectivity index (χ2v) is 32.1. The van der Waals surface area contributed by atoms with E-state index >= 15 is 0 Å². The molecule has 9 aromatic carbocycles. The number of para-hydroxylation sites is 6. The normalized spacial score (nSPS) is 18.3. The Hall–Kier alpha value is -9.18. The van der Waals surface area contributed by atoms with E-state index in [2.05, 4.69) is 104 Å². The molecule has 0 aromatic heterocycles. The van der Waals surface area contributed by atoms with Crippen LogP contribution in [-0.4, -0.2) is 174 Å². The Morgan fingerprint density at radius 1 is 0.171 bits per heavy atom. The van der Waals surface area contributed by atoms with E-state index in [-0.39, 0.29) is 0 Å². The van der Waals surface area contributed by atoms with Gasteiger partial charge < -0.3 is 85.3 Å². The Morgan fingerprint density at radius 3 is 0.442 bits per heavy atom. The van der Waals surface area contributed by atoms with Gasteiger partial charge in [0, 0.05) is 0 Å². The average Bonchev–Trinajstić information content (AvgIpc) is 1.79. The summed E-state index contributed by atoms with van der Waals surface area (Å²) >= 11 is 0. The first-order valence-electron chi connectivity index (χ1n) is 47.7. The highest BCUT2D eigenvalue weighted by molar-refractivity contribution is 5.35. The van der Waals surface area contributed by atoms with Gasteiger partial charge in [-0.05, 0) is 149 Å². The molecular formula is C111H162O18. The van der Waals surface area contributed by atoms with E-state index in [4.69, 9.17) is 85.3 Å². The molecule has 9 unspecified atom stereocenters. The van der Waals surface area contributed by atoms with Gasteiger partial charge in [-0.2, -0.15) is 0 Å². The predicted octanol–water partition coefficient (Wildman–Crippen LogP) is 25.9. The second kappa shape index (κ2) is 73.5. The third-order valence-corrected chi connectivity index (χ3v) is 19.1. The molecule has 714 valence electrons. The molecular weight excluding hydrogens is 1620 g/mol. The van der Waals surface area contributed by atoms with E-state index in [0.717, 1.165) is 111 Å². The van der Waals surface area contributed by atoms with Crippen LogP contribution in [-0.2, 0) is 42.6 Å². The Bertz CT molecular complexity index is 3570. The molecule has 9 heterocycles. The first-order valence-corrected chi connectivity index (χ1v) is 47.7. The van der Waals surface area contributed by atoms with Crippen LogP contribution in [0.1, 0.15) is 194 Å². The minimum Gasteiger partial charge on any atom is -0.491 e. The summed E-state index contributed by atoms with van der Waals surface area (Å²) in [7, 11) is 0. The van der Waals surface area contributed by atoms with Crippen molar-refractivity contribution in [2.24, 2.45) is 0 Å². The molecule has 9 fully saturated rings. The molecule has 0 bridgehead atoms. The maximum absolute atomic E-state index is 5.54. The summed E-state index contributed by atoms with van der Waals surface area (Å²) in [5, 5.41) is 0. The lowest BCUT2D eigenvalue weighted by Crippen LogP contribution is -2.04. The number of unbranched alkanes of at least 4 members (excludes halogenated alkanes) is 6. The molecule has 9 aliphatic rings. The minimum atomic E-state index is 0.338. The summed E-state index contributed by atoms with van der Waals surface area (Å²) < 4.78 is 94.4. The minimum absolute atomic E-state index is 0.338. The molecule has 0 spiro atoms. The zero-order valence-electron chi connectivity index (χ0n) is 81.8. The van der Waals surface area contributed by atoms with Crippen LogP contribution < -0.4 is 42.6 Å². The van der Waals surface area contributed by atoms with Crippen LogP contribution in [0.3, 0.4) is 0 Å². The topological polar surface area (TPSA) is 196 Å². The van der Waals surface area contributed by atoms with Crippen LogP contribution in [0.4, 0.5) is 0 Å². The van der Waals surface area contributed by atoms with Gasteiger partial charge in [0.2, 0.25) is 0 Å². The van der Waals surface area contributed by atoms with E-state index in [1.54, 1.807) is 0 Å². The van der Waals surface area contributed by atoms with E-state index in [1.165, 1.54) is 110 Å². The average molecular weight is 1780 g/mol. The van der Waals surface area contributed by atoms with Crippen molar-refractivity contribution < 1.29 is 85.3 Å². The van der Waals surface area contributed by atoms with Crippen LogP contribution >= 0.6 is 0 Å². The Kier molecular flexibility index (Phi) is 63.9. The Morgan fingerprint density at radius 2 is 0.302 bits per heavy atom. The molecule has 9 atom stereocenters. The van der Waals surface area contributed by atoms with Gasteiger partial charge in [0.1, 0.15) is 166 Å². The third kappa shape index (κ3) is 66.8. The molecule has 0 saturated carbocycles. The molecule has 9 aromatic rings. The Balaban J connectivity index is 0.000000295. The quantitative estimate of drug-likeness (QED) is 0.0352. The fourth-order valence-corrected chi connectivity index (χ4v) is 8.77. The summed E-state index contributed by atoms with van der Waals surface area (Å²) in [6.07, 6.45) is 18.9. The van der Waals surface area contributed by atoms with Gasteiger partial charge in [-0.3, -0.25) is 0 Å². The zero-order chi connectivity index (χ0) is 93.4. The van der Waals surface area contributed by atoms with E-state index in [0.29, 0.717) is 114 Å². The van der Waals surface area contributed by atoms with Gasteiger partial charge in [-0.1, -0.05) is 322 Å². The number of epoxide rings is 9. The third-order valence-electron chi connectivity index (χ3n) is 19.1. The number of aryl methyl sites for hydroxylation is 6. The van der Waals surface area contributed by atoms with Gasteiger partial charge in [-0.25, -0.2) is 0 Å². The summed E-state index contributed by atoms with van der Waals surface area (Å²) in [4.78, 5) is 0. The fraction of sp³-hybridized carbons (Fsp3) is 0.514. The molecule has 18 heteroatoms. The molecule has 0 aliphatic carbocycles. The first-order chi connectivity index (χ1) is 62.9. The van der Waals surface area contributed by atoms with Gasteiger partial charge in [0.05, 0.1) is 59.5 Å². The molecule has 129 heavy (non-hydrogen) atoms. The van der Waals surface area contributed by atoms with E-state index in [9.17, 15) is 0 Å². The summed E-state index contributed by atoms with van der Waals surface area (Å²) in [5.74, 6) is 8.44. The predicted molar refractivity (Wildman–Crippen MR) is 527 cm³/mol. The fourth-order valence-electron chi connectivity index (χ4n) is 8.77. The van der Waals surface area contributed by atoms with Crippen molar-refractivity contribution in [3.8, 4) is 51.7 Å². The van der Waals surface area contributed by atoms with Crippen molar-refractivity contribution in [1.82, 2.24) is 0 Å². The number of rotatable bonds is 33. The molecule has 0 amide bonds. The molecule has 0 radical (unpaired) electrons. The van der Waals surface area contributed by atoms with Crippen LogP contribution in [0, 0.1) is 41.5 Å². The number of hydrogen-bond acceptors (Lipinski definition) is 18. The highest BCUT2D eigenvalue weighted by Gasteiger charge is 2.28. The lowest BCUT2D eigenvalue weighted by molar-refractivity contribution is 0.262. The van der Waals surface area contributed by atoms with Gasteiger partial charge in [-0.15, -0.1) is 0 Å². The summed E-state index contributed by atoms with van der Waals surface area (Å²) in [6.45, 7) is 52.3. The van der Waals surface area contributed by atoms with E-state index in [1.807, 2.05) is 257 Å². The number of benzene rings is 9. The smallest absolute Gasteiger partial charge is 0.122 e. The highest BCUT2D eigenvalue weighted by Crippen LogP contribution is 2.25. The van der Waals surface area contributed by atoms with Gasteiger partial charge in [0.15, 0.2) is 0 Å². The molecule has 9 saturated heterocycles. The summed E-state index contributed by atoms with van der Waals surface area (Å²) in [5.41, 5.74) is 7.30. The second-order valence-electron chi connectivity index (χ2n) is 32.1. The van der Waals surface area contributed by atoms with Crippen molar-refractivity contribution >= 4 is 0 Å². The van der Waals surface area contributed by atoms with Crippen molar-refractivity contribution in [2.75, 3.05) is 119 Å². The molecule has 9 aliphatic heterocycles. The van der Waals surface area contributed by atoms with Crippen LogP contribution in [0.5, 0.6) is 51.7 Å². The molecule has 18 rings (SSSR count). The highest BCUT2D eigenvalue weighted by atomic mass is 16.6. The standard InChI is InChI=1S/6C10H12O2.3C9H10O2.6C4H10/c3*1-8-2-4-9(5-3-8)11-6-10-7-12-10;3*1-8-4-2-3-5-10(8)12-7-9-6-11-9;3*1-2-4-8(5-3-1)10-6-9-7-11-9;6*1-3-4-2/h3*2-5,10H,6-7H2,1H3;3*2-5,9H,6-7H2,1H3;3*1-5,9H,6-7H2;6*3-4H2,1-2H3. The summed E-state index contributed by atoms with van der Waals surface area (Å²) in [6, 6.07) is 77.6. The van der Waals surface area contributed by atoms with E-state index < -0.39 is 0 Å². The lowest BCUT2D eigenvalue weighted by Gasteiger charge is -2.06. The molecule has 0 N–H and O–H groups in total. The zero-order valence-corrected chi connectivity index (χ0v) is 81.8. The number of ether oxygens (including phenoxy) is 18. The number of hydrogen-bond donors (Lipinski definition) is 0. The Labute approximate surface area is 778 Å². The van der Waals surface area contributed by atoms with Gasteiger partial charge in [0.25, 0.3) is 0 Å². The maximum Gasteiger partial charge on any atom is 0.122 e. The molecule has 18 nitrogen and oxygen atoms in total. The SMILES string of the molecule is CCCC.CCCC.CCCC.CCCC.CCCC.CCCC.Cc1ccc(OCC2CO2)cc1.Cc1ccc(OCC2CO2)cc1.Cc1ccc(OCC2CO2)cc1.Cc1ccccc1OCC1CO1.Cc1ccccc1OCC1CO1.Cc1ccccc1OCC1CO1.c1ccc(OCC2CO2)cc1.c1ccc(OCC2CO2)cc1.c1ccc(OCC2CO2)cc1. The first kappa shape index (κ1) is 112. The van der Waals surface area contributed by atoms with Crippen molar-refractivity contribution in [1.29, 1.82) is 0 Å². The van der Waals surface area contributed by atoms with Gasteiger partial charge >= 0.3 is 0 Å². The van der Waals surface area contributed by atoms with Crippen LogP contribution in [0.15, 0.2) is 237 Å². The maximum atomic E-state index is 5.54. The monoisotopic (exact) mass is 1780 g/mol. The van der Waals surface area contributed by atoms with Crippen molar-refractivity contribution in [3.63, 3.8) is 0 Å². The largest absolute Gasteiger partial charge is 0.491 e. The van der Waals surface area contributed by atoms with Crippen LogP contribution in [0.25, 0.3) is 0 Å².